The molecule has 160 valence electrons. The van der Waals surface area contributed by atoms with E-state index < -0.39 is 35.0 Å². The zero-order chi connectivity index (χ0) is 21.9. The van der Waals surface area contributed by atoms with Crippen LogP contribution in [-0.2, 0) is 24.7 Å². The molecule has 1 aliphatic rings. The molecule has 0 aromatic heterocycles. The molecule has 1 aromatic carbocycles. The first-order chi connectivity index (χ1) is 13.5. The van der Waals surface area contributed by atoms with Crippen LogP contribution in [-0.4, -0.2) is 47.6 Å². The summed E-state index contributed by atoms with van der Waals surface area (Å²) in [6.45, 7) is 4.27. The monoisotopic (exact) mass is 414 g/mol. The summed E-state index contributed by atoms with van der Waals surface area (Å²) in [5.74, 6) is -3.65. The summed E-state index contributed by atoms with van der Waals surface area (Å²) in [4.78, 5) is 38.4. The second-order valence-corrected chi connectivity index (χ2v) is 7.44. The van der Waals surface area contributed by atoms with Gasteiger partial charge >= 0.3 is 18.1 Å². The molecule has 29 heavy (non-hydrogen) atoms. The molecular weight excluding hydrogens is 389 g/mol. The fourth-order valence-electron chi connectivity index (χ4n) is 3.54. The van der Waals surface area contributed by atoms with Gasteiger partial charge in [-0.15, -0.1) is 0 Å². The third-order valence-electron chi connectivity index (χ3n) is 4.96. The first-order valence-electron chi connectivity index (χ1n) is 9.41. The SMILES string of the molecule is CCOC(=O)C(C)(C)NC(=O)C1(c2ccccc2)CCCCN1C(=O)C(F)(F)F. The highest BCUT2D eigenvalue weighted by molar-refractivity contribution is 5.97. The van der Waals surface area contributed by atoms with Gasteiger partial charge in [-0.3, -0.25) is 9.59 Å². The van der Waals surface area contributed by atoms with Gasteiger partial charge in [0.15, 0.2) is 0 Å². The highest BCUT2D eigenvalue weighted by Gasteiger charge is 2.56. The summed E-state index contributed by atoms with van der Waals surface area (Å²) in [5.41, 5.74) is -3.11. The lowest BCUT2D eigenvalue weighted by Gasteiger charge is -2.47. The van der Waals surface area contributed by atoms with Crippen LogP contribution < -0.4 is 5.32 Å². The van der Waals surface area contributed by atoms with Gasteiger partial charge < -0.3 is 15.0 Å². The largest absolute Gasteiger partial charge is 0.471 e. The van der Waals surface area contributed by atoms with Crippen LogP contribution in [0.5, 0.6) is 0 Å². The minimum absolute atomic E-state index is 0.00354. The molecule has 1 N–H and O–H groups in total. The van der Waals surface area contributed by atoms with E-state index in [2.05, 4.69) is 5.32 Å². The molecule has 1 heterocycles. The molecule has 0 saturated carbocycles. The fourth-order valence-corrected chi connectivity index (χ4v) is 3.54. The lowest BCUT2D eigenvalue weighted by atomic mass is 9.78. The molecule has 6 nitrogen and oxygen atoms in total. The van der Waals surface area contributed by atoms with E-state index >= 15 is 0 Å². The Morgan fingerprint density at radius 1 is 1.14 bits per heavy atom. The molecule has 0 aliphatic carbocycles. The van der Waals surface area contributed by atoms with Gasteiger partial charge in [0.25, 0.3) is 5.91 Å². The molecule has 1 atom stereocenters. The Labute approximate surface area is 167 Å². The first kappa shape index (κ1) is 22.7. The number of benzene rings is 1. The van der Waals surface area contributed by atoms with Crippen LogP contribution in [0.4, 0.5) is 13.2 Å². The summed E-state index contributed by atoms with van der Waals surface area (Å²) in [6, 6.07) is 7.87. The van der Waals surface area contributed by atoms with Gasteiger partial charge in [0.2, 0.25) is 0 Å². The normalized spacial score (nSPS) is 20.1. The lowest BCUT2D eigenvalue weighted by molar-refractivity contribution is -0.196. The summed E-state index contributed by atoms with van der Waals surface area (Å²) >= 11 is 0. The average molecular weight is 414 g/mol. The van der Waals surface area contributed by atoms with E-state index in [0.717, 1.165) is 0 Å². The van der Waals surface area contributed by atoms with Crippen molar-refractivity contribution in [2.75, 3.05) is 13.2 Å². The number of esters is 1. The quantitative estimate of drug-likeness (QED) is 0.752. The Bertz CT molecular complexity index is 765. The van der Waals surface area contributed by atoms with E-state index in [4.69, 9.17) is 4.74 Å². The second kappa shape index (κ2) is 8.42. The molecule has 0 radical (unpaired) electrons. The van der Waals surface area contributed by atoms with Crippen molar-refractivity contribution in [3.05, 3.63) is 35.9 Å². The number of carbonyl (C=O) groups excluding carboxylic acids is 3. The van der Waals surface area contributed by atoms with Crippen molar-refractivity contribution in [2.45, 2.75) is 57.3 Å². The number of hydrogen-bond acceptors (Lipinski definition) is 4. The van der Waals surface area contributed by atoms with Crippen LogP contribution in [0, 0.1) is 0 Å². The molecule has 2 rings (SSSR count). The number of nitrogens with one attached hydrogen (secondary N) is 1. The van der Waals surface area contributed by atoms with Crippen molar-refractivity contribution in [1.29, 1.82) is 0 Å². The topological polar surface area (TPSA) is 75.7 Å². The van der Waals surface area contributed by atoms with Gasteiger partial charge in [0.1, 0.15) is 11.1 Å². The molecular formula is C20H25F3N2O4. The first-order valence-corrected chi connectivity index (χ1v) is 9.41. The highest BCUT2D eigenvalue weighted by atomic mass is 19.4. The average Bonchev–Trinajstić information content (AvgIpc) is 2.67. The number of hydrogen-bond donors (Lipinski definition) is 1. The van der Waals surface area contributed by atoms with E-state index in [0.29, 0.717) is 17.7 Å². The number of ether oxygens (including phenoxy) is 1. The van der Waals surface area contributed by atoms with Crippen molar-refractivity contribution in [3.8, 4) is 0 Å². The van der Waals surface area contributed by atoms with Crippen LogP contribution in [0.25, 0.3) is 0 Å². The lowest BCUT2D eigenvalue weighted by Crippen LogP contribution is -2.65. The molecule has 0 bridgehead atoms. The second-order valence-electron chi connectivity index (χ2n) is 7.44. The van der Waals surface area contributed by atoms with Gasteiger partial charge in [-0.1, -0.05) is 30.3 Å². The van der Waals surface area contributed by atoms with Crippen LogP contribution >= 0.6 is 0 Å². The number of alkyl halides is 3. The molecule has 1 aromatic rings. The maximum atomic E-state index is 13.4. The summed E-state index contributed by atoms with van der Waals surface area (Å²) in [7, 11) is 0. The Morgan fingerprint density at radius 3 is 2.31 bits per heavy atom. The number of amides is 2. The Balaban J connectivity index is 2.55. The van der Waals surface area contributed by atoms with Gasteiger partial charge in [-0.2, -0.15) is 13.2 Å². The van der Waals surface area contributed by atoms with Gasteiger partial charge in [0, 0.05) is 6.54 Å². The predicted octanol–water partition coefficient (Wildman–Crippen LogP) is 2.91. The number of rotatable bonds is 5. The molecule has 1 aliphatic heterocycles. The third-order valence-corrected chi connectivity index (χ3v) is 4.96. The molecule has 0 spiro atoms. The fraction of sp³-hybridized carbons (Fsp3) is 0.550. The molecule has 1 unspecified atom stereocenters. The Hall–Kier alpha value is -2.58. The van der Waals surface area contributed by atoms with Crippen molar-refractivity contribution in [3.63, 3.8) is 0 Å². The van der Waals surface area contributed by atoms with E-state index in [1.807, 2.05) is 0 Å². The minimum atomic E-state index is -5.13. The van der Waals surface area contributed by atoms with Crippen LogP contribution in [0.1, 0.15) is 45.6 Å². The number of piperidine rings is 1. The van der Waals surface area contributed by atoms with Crippen LogP contribution in [0.15, 0.2) is 30.3 Å². The number of nitrogens with zero attached hydrogens (tertiary/aromatic N) is 1. The Morgan fingerprint density at radius 2 is 1.76 bits per heavy atom. The molecule has 2 amide bonds. The van der Waals surface area contributed by atoms with Gasteiger partial charge in [-0.05, 0) is 45.6 Å². The number of carbonyl (C=O) groups is 3. The summed E-state index contributed by atoms with van der Waals surface area (Å²) in [5, 5.41) is 2.51. The number of likely N-dealkylation sites (tertiary alicyclic amines) is 1. The predicted molar refractivity (Wildman–Crippen MR) is 98.6 cm³/mol. The van der Waals surface area contributed by atoms with Crippen LogP contribution in [0.2, 0.25) is 0 Å². The van der Waals surface area contributed by atoms with Crippen molar-refractivity contribution in [1.82, 2.24) is 10.2 Å². The van der Waals surface area contributed by atoms with E-state index in [1.165, 1.54) is 26.0 Å². The summed E-state index contributed by atoms with van der Waals surface area (Å²) in [6.07, 6.45) is -4.34. The van der Waals surface area contributed by atoms with Crippen molar-refractivity contribution >= 4 is 17.8 Å². The maximum Gasteiger partial charge on any atom is 0.471 e. The van der Waals surface area contributed by atoms with E-state index in [1.54, 1.807) is 25.1 Å². The zero-order valence-corrected chi connectivity index (χ0v) is 16.6. The van der Waals surface area contributed by atoms with Crippen molar-refractivity contribution < 1.29 is 32.3 Å². The molecule has 1 fully saturated rings. The van der Waals surface area contributed by atoms with Gasteiger partial charge in [-0.25, -0.2) is 4.79 Å². The minimum Gasteiger partial charge on any atom is -0.464 e. The molecule has 9 heteroatoms. The standard InChI is InChI=1S/C20H25F3N2O4/c1-4-29-17(28)18(2,3)24-15(26)19(14-10-6-5-7-11-14)12-8-9-13-25(19)16(27)20(21,22)23/h5-7,10-11H,4,8-9,12-13H2,1-3H3,(H,24,26). The van der Waals surface area contributed by atoms with Crippen LogP contribution in [0.3, 0.4) is 0 Å². The zero-order valence-electron chi connectivity index (χ0n) is 16.6. The highest BCUT2D eigenvalue weighted by Crippen LogP contribution is 2.40. The molecule has 1 saturated heterocycles. The van der Waals surface area contributed by atoms with Gasteiger partial charge in [0.05, 0.1) is 6.61 Å². The van der Waals surface area contributed by atoms with Crippen molar-refractivity contribution in [2.24, 2.45) is 0 Å². The van der Waals surface area contributed by atoms with E-state index in [-0.39, 0.29) is 25.1 Å². The summed E-state index contributed by atoms with van der Waals surface area (Å²) < 4.78 is 44.9. The van der Waals surface area contributed by atoms with E-state index in [9.17, 15) is 27.6 Å². The maximum absolute atomic E-state index is 13.4. The Kier molecular flexibility index (Phi) is 6.60. The third kappa shape index (κ3) is 4.54. The smallest absolute Gasteiger partial charge is 0.464 e. The number of halogens is 3.